The number of aryl methyl sites for hydroxylation is 1. The molecule has 1 N–H and O–H groups in total. The van der Waals surface area contributed by atoms with E-state index in [4.69, 9.17) is 9.47 Å². The van der Waals surface area contributed by atoms with Crippen LogP contribution in [0.3, 0.4) is 0 Å². The fourth-order valence-corrected chi connectivity index (χ4v) is 4.89. The van der Waals surface area contributed by atoms with Crippen LogP contribution in [0.4, 0.5) is 11.5 Å². The lowest BCUT2D eigenvalue weighted by Crippen LogP contribution is -2.46. The molecule has 1 aliphatic heterocycles. The van der Waals surface area contributed by atoms with E-state index in [0.29, 0.717) is 18.0 Å². The van der Waals surface area contributed by atoms with E-state index in [9.17, 15) is 4.79 Å². The van der Waals surface area contributed by atoms with E-state index in [0.717, 1.165) is 53.5 Å². The van der Waals surface area contributed by atoms with Crippen LogP contribution in [-0.2, 0) is 4.74 Å². The molecule has 31 heavy (non-hydrogen) atoms. The van der Waals surface area contributed by atoms with Crippen LogP contribution in [-0.4, -0.2) is 69.4 Å². The number of fused-ring (bicyclic) bond motifs is 1. The molecule has 9 heteroatoms. The number of carbonyl (C=O) groups excluding carboxylic acids is 1. The number of hydrogen-bond donors (Lipinski definition) is 1. The second-order valence-electron chi connectivity index (χ2n) is 7.35. The molecule has 1 aromatic carbocycles. The number of nitrogens with one attached hydrogen (secondary N) is 1. The molecular weight excluding hydrogens is 414 g/mol. The van der Waals surface area contributed by atoms with E-state index in [-0.39, 0.29) is 5.91 Å². The highest BCUT2D eigenvalue weighted by Crippen LogP contribution is 2.35. The average molecular weight is 442 g/mol. The zero-order chi connectivity index (χ0) is 21.8. The van der Waals surface area contributed by atoms with Gasteiger partial charge in [0.25, 0.3) is 5.91 Å². The molecule has 1 saturated heterocycles. The van der Waals surface area contributed by atoms with Crippen molar-refractivity contribution in [1.82, 2.24) is 15.3 Å². The molecule has 0 saturated carbocycles. The van der Waals surface area contributed by atoms with Crippen LogP contribution < -0.4 is 19.9 Å². The summed E-state index contributed by atoms with van der Waals surface area (Å²) in [5.41, 5.74) is 2.12. The van der Waals surface area contributed by atoms with Gasteiger partial charge >= 0.3 is 0 Å². The molecule has 3 aromatic rings. The predicted molar refractivity (Wildman–Crippen MR) is 124 cm³/mol. The number of anilines is 2. The number of benzene rings is 1. The van der Waals surface area contributed by atoms with Crippen LogP contribution in [0.1, 0.15) is 15.2 Å². The molecule has 1 fully saturated rings. The number of piperazine rings is 1. The molecule has 164 valence electrons. The zero-order valence-corrected chi connectivity index (χ0v) is 18.9. The molecule has 0 radical (unpaired) electrons. The Hall–Kier alpha value is -2.91. The third-order valence-corrected chi connectivity index (χ3v) is 6.72. The number of aromatic nitrogens is 2. The Kier molecular flexibility index (Phi) is 6.53. The van der Waals surface area contributed by atoms with E-state index in [1.165, 1.54) is 17.0 Å². The van der Waals surface area contributed by atoms with Gasteiger partial charge in [-0.15, -0.1) is 11.3 Å². The lowest BCUT2D eigenvalue weighted by Gasteiger charge is -2.37. The maximum atomic E-state index is 12.6. The second-order valence-corrected chi connectivity index (χ2v) is 8.35. The van der Waals surface area contributed by atoms with Crippen LogP contribution in [0.2, 0.25) is 0 Å². The Morgan fingerprint density at radius 1 is 1.10 bits per heavy atom. The molecule has 8 nitrogen and oxygen atoms in total. The molecule has 0 atom stereocenters. The molecule has 2 aromatic heterocycles. The summed E-state index contributed by atoms with van der Waals surface area (Å²) in [6.07, 6.45) is 1.59. The average Bonchev–Trinajstić information content (AvgIpc) is 3.16. The van der Waals surface area contributed by atoms with Crippen molar-refractivity contribution < 1.29 is 14.3 Å². The van der Waals surface area contributed by atoms with Gasteiger partial charge in [0.05, 0.1) is 24.0 Å². The lowest BCUT2D eigenvalue weighted by molar-refractivity contribution is 0.0940. The van der Waals surface area contributed by atoms with Crippen LogP contribution in [0.15, 0.2) is 30.6 Å². The fourth-order valence-electron chi connectivity index (χ4n) is 3.83. The topological polar surface area (TPSA) is 79.8 Å². The van der Waals surface area contributed by atoms with E-state index >= 15 is 0 Å². The maximum absolute atomic E-state index is 12.6. The van der Waals surface area contributed by atoms with E-state index < -0.39 is 0 Å². The summed E-state index contributed by atoms with van der Waals surface area (Å²) in [6, 6.07) is 8.16. The summed E-state index contributed by atoms with van der Waals surface area (Å²) in [5, 5.41) is 3.88. The smallest absolute Gasteiger partial charge is 0.261 e. The number of methoxy groups -OCH3 is 2. The molecule has 0 aliphatic carbocycles. The quantitative estimate of drug-likeness (QED) is 0.565. The third-order valence-electron chi connectivity index (χ3n) is 5.52. The van der Waals surface area contributed by atoms with Crippen LogP contribution in [0, 0.1) is 6.92 Å². The summed E-state index contributed by atoms with van der Waals surface area (Å²) in [4.78, 5) is 27.8. The molecule has 0 unspecified atom stereocenters. The highest BCUT2D eigenvalue weighted by atomic mass is 32.1. The molecular formula is C22H27N5O3S. The molecule has 1 amide bonds. The van der Waals surface area contributed by atoms with Crippen molar-refractivity contribution >= 4 is 39.0 Å². The van der Waals surface area contributed by atoms with Gasteiger partial charge in [0.1, 0.15) is 22.7 Å². The predicted octanol–water partition coefficient (Wildman–Crippen LogP) is 2.71. The van der Waals surface area contributed by atoms with Gasteiger partial charge in [0, 0.05) is 45.5 Å². The van der Waals surface area contributed by atoms with Gasteiger partial charge in [-0.3, -0.25) is 4.79 Å². The van der Waals surface area contributed by atoms with Crippen LogP contribution in [0.25, 0.3) is 10.2 Å². The first-order chi connectivity index (χ1) is 15.1. The summed E-state index contributed by atoms with van der Waals surface area (Å²) >= 11 is 1.42. The van der Waals surface area contributed by atoms with Crippen molar-refractivity contribution in [1.29, 1.82) is 0 Å². The van der Waals surface area contributed by atoms with Gasteiger partial charge in [-0.25, -0.2) is 9.97 Å². The largest absolute Gasteiger partial charge is 0.497 e. The van der Waals surface area contributed by atoms with Gasteiger partial charge in [-0.05, 0) is 36.8 Å². The minimum Gasteiger partial charge on any atom is -0.497 e. The van der Waals surface area contributed by atoms with Crippen molar-refractivity contribution in [3.63, 3.8) is 0 Å². The summed E-state index contributed by atoms with van der Waals surface area (Å²) in [7, 11) is 3.30. The summed E-state index contributed by atoms with van der Waals surface area (Å²) in [5.74, 6) is 1.68. The number of amides is 1. The van der Waals surface area contributed by atoms with Crippen molar-refractivity contribution in [2.75, 3.05) is 63.4 Å². The first kappa shape index (κ1) is 21.3. The van der Waals surface area contributed by atoms with Crippen molar-refractivity contribution in [2.45, 2.75) is 6.92 Å². The van der Waals surface area contributed by atoms with Crippen molar-refractivity contribution in [3.05, 3.63) is 41.0 Å². The first-order valence-electron chi connectivity index (χ1n) is 10.3. The standard InChI is InChI=1S/C22H27N5O3S/c1-15-18-20(24-14-25-22(18)31-19(15)21(28)23-8-13-29-2)27-11-9-26(10-12-27)16-4-6-17(30-3)7-5-16/h4-7,14H,8-13H2,1-3H3,(H,23,28). The third kappa shape index (κ3) is 4.42. The Bertz CT molecular complexity index is 1050. The molecule has 0 spiro atoms. The number of nitrogens with zero attached hydrogens (tertiary/aromatic N) is 4. The Balaban J connectivity index is 1.51. The number of thiophene rings is 1. The Morgan fingerprint density at radius 2 is 1.81 bits per heavy atom. The Morgan fingerprint density at radius 3 is 2.48 bits per heavy atom. The summed E-state index contributed by atoms with van der Waals surface area (Å²) in [6.45, 7) is 6.43. The van der Waals surface area contributed by atoms with Crippen molar-refractivity contribution in [2.24, 2.45) is 0 Å². The van der Waals surface area contributed by atoms with E-state index in [1.54, 1.807) is 20.5 Å². The minimum atomic E-state index is -0.0900. The Labute approximate surface area is 185 Å². The summed E-state index contributed by atoms with van der Waals surface area (Å²) < 4.78 is 10.3. The normalized spacial score (nSPS) is 14.2. The first-order valence-corrected chi connectivity index (χ1v) is 11.1. The molecule has 3 heterocycles. The molecule has 0 bridgehead atoms. The second kappa shape index (κ2) is 9.49. The number of carbonyl (C=O) groups is 1. The van der Waals surface area contributed by atoms with Crippen LogP contribution >= 0.6 is 11.3 Å². The van der Waals surface area contributed by atoms with Gasteiger partial charge in [-0.2, -0.15) is 0 Å². The lowest BCUT2D eigenvalue weighted by atomic mass is 10.1. The molecule has 1 aliphatic rings. The van der Waals surface area contributed by atoms with E-state index in [2.05, 4.69) is 37.2 Å². The van der Waals surface area contributed by atoms with E-state index in [1.807, 2.05) is 19.1 Å². The molecule has 4 rings (SSSR count). The number of hydrogen-bond acceptors (Lipinski definition) is 8. The van der Waals surface area contributed by atoms with Gasteiger partial charge in [0.2, 0.25) is 0 Å². The monoisotopic (exact) mass is 441 g/mol. The minimum absolute atomic E-state index is 0.0900. The number of ether oxygens (including phenoxy) is 2. The maximum Gasteiger partial charge on any atom is 0.261 e. The fraction of sp³-hybridized carbons (Fsp3) is 0.409. The zero-order valence-electron chi connectivity index (χ0n) is 18.1. The number of rotatable bonds is 7. The van der Waals surface area contributed by atoms with Gasteiger partial charge in [-0.1, -0.05) is 0 Å². The highest BCUT2D eigenvalue weighted by Gasteiger charge is 2.24. The highest BCUT2D eigenvalue weighted by molar-refractivity contribution is 7.20. The van der Waals surface area contributed by atoms with Gasteiger partial charge in [0.15, 0.2) is 0 Å². The van der Waals surface area contributed by atoms with Crippen LogP contribution in [0.5, 0.6) is 5.75 Å². The SMILES string of the molecule is COCCNC(=O)c1sc2ncnc(N3CCN(c4ccc(OC)cc4)CC3)c2c1C. The van der Waals surface area contributed by atoms with Gasteiger partial charge < -0.3 is 24.6 Å². The van der Waals surface area contributed by atoms with Crippen molar-refractivity contribution in [3.8, 4) is 5.75 Å².